The Hall–Kier alpha value is -0.990. The first-order chi connectivity index (χ1) is 7.16. The van der Waals surface area contributed by atoms with Gasteiger partial charge in [-0.25, -0.2) is 0 Å². The zero-order valence-corrected chi connectivity index (χ0v) is 9.51. The van der Waals surface area contributed by atoms with Gasteiger partial charge in [0.2, 0.25) is 0 Å². The van der Waals surface area contributed by atoms with E-state index in [1.807, 2.05) is 25.3 Å². The van der Waals surface area contributed by atoms with Crippen LogP contribution >= 0.6 is 11.6 Å². The van der Waals surface area contributed by atoms with Crippen LogP contribution in [0.2, 0.25) is 5.02 Å². The van der Waals surface area contributed by atoms with Crippen molar-refractivity contribution in [1.29, 1.82) is 0 Å². The average molecular weight is 223 g/mol. The number of aromatic nitrogens is 1. The van der Waals surface area contributed by atoms with Gasteiger partial charge in [0.1, 0.15) is 0 Å². The van der Waals surface area contributed by atoms with E-state index < -0.39 is 0 Å². The maximum absolute atomic E-state index is 5.92. The fourth-order valence-corrected chi connectivity index (χ4v) is 1.92. The van der Waals surface area contributed by atoms with Gasteiger partial charge in [-0.05, 0) is 37.5 Å². The molecule has 0 aliphatic carbocycles. The molecular weight excluding hydrogens is 208 g/mol. The number of fused-ring (bicyclic) bond motifs is 1. The van der Waals surface area contributed by atoms with Crippen LogP contribution in [0.25, 0.3) is 10.9 Å². The predicted octanol–water partition coefficient (Wildman–Crippen LogP) is 3.10. The van der Waals surface area contributed by atoms with E-state index in [1.165, 1.54) is 10.9 Å². The van der Waals surface area contributed by atoms with Crippen molar-refractivity contribution in [1.82, 2.24) is 4.98 Å². The molecule has 0 amide bonds. The summed E-state index contributed by atoms with van der Waals surface area (Å²) in [6, 6.07) is 6.19. The first-order valence-electron chi connectivity index (χ1n) is 5.18. The van der Waals surface area contributed by atoms with Gasteiger partial charge in [-0.3, -0.25) is 0 Å². The highest BCUT2D eigenvalue weighted by Crippen LogP contribution is 2.23. The maximum atomic E-state index is 5.92. The molecule has 1 atom stereocenters. The number of hydrogen-bond donors (Lipinski definition) is 2. The summed E-state index contributed by atoms with van der Waals surface area (Å²) in [5.74, 6) is 0. The minimum Gasteiger partial charge on any atom is -0.361 e. The number of aryl methyl sites for hydroxylation is 1. The van der Waals surface area contributed by atoms with E-state index in [0.717, 1.165) is 23.4 Å². The molecule has 15 heavy (non-hydrogen) atoms. The summed E-state index contributed by atoms with van der Waals surface area (Å²) in [4.78, 5) is 3.23. The second-order valence-electron chi connectivity index (χ2n) is 4.02. The first kappa shape index (κ1) is 10.5. The third-order valence-electron chi connectivity index (χ3n) is 2.60. The molecule has 80 valence electrons. The summed E-state index contributed by atoms with van der Waals surface area (Å²) in [6.45, 7) is 2.03. The highest BCUT2D eigenvalue weighted by Gasteiger charge is 2.04. The van der Waals surface area contributed by atoms with E-state index in [2.05, 4.69) is 11.1 Å². The van der Waals surface area contributed by atoms with Crippen LogP contribution in [0.15, 0.2) is 24.4 Å². The molecule has 0 aliphatic heterocycles. The van der Waals surface area contributed by atoms with Crippen LogP contribution < -0.4 is 5.73 Å². The molecule has 0 spiro atoms. The molecule has 1 aromatic heterocycles. The SMILES string of the molecule is C[C@@H](N)CCc1c[nH]c2cc(Cl)ccc12. The smallest absolute Gasteiger partial charge is 0.0471 e. The summed E-state index contributed by atoms with van der Waals surface area (Å²) >= 11 is 5.92. The highest BCUT2D eigenvalue weighted by atomic mass is 35.5. The minimum absolute atomic E-state index is 0.252. The summed E-state index contributed by atoms with van der Waals surface area (Å²) in [5.41, 5.74) is 8.16. The van der Waals surface area contributed by atoms with Gasteiger partial charge in [-0.2, -0.15) is 0 Å². The Labute approximate surface area is 94.4 Å². The van der Waals surface area contributed by atoms with Crippen LogP contribution in [-0.2, 0) is 6.42 Å². The molecule has 0 bridgehead atoms. The van der Waals surface area contributed by atoms with E-state index in [-0.39, 0.29) is 6.04 Å². The van der Waals surface area contributed by atoms with Crippen LogP contribution in [0, 0.1) is 0 Å². The molecule has 0 saturated carbocycles. The molecule has 0 saturated heterocycles. The molecule has 0 unspecified atom stereocenters. The van der Waals surface area contributed by atoms with Crippen molar-refractivity contribution < 1.29 is 0 Å². The van der Waals surface area contributed by atoms with E-state index in [9.17, 15) is 0 Å². The molecule has 1 heterocycles. The fraction of sp³-hybridized carbons (Fsp3) is 0.333. The lowest BCUT2D eigenvalue weighted by Crippen LogP contribution is -2.15. The predicted molar refractivity (Wildman–Crippen MR) is 65.3 cm³/mol. The zero-order chi connectivity index (χ0) is 10.8. The number of nitrogens with two attached hydrogens (primary N) is 1. The molecule has 2 nitrogen and oxygen atoms in total. The maximum Gasteiger partial charge on any atom is 0.0471 e. The van der Waals surface area contributed by atoms with Crippen molar-refractivity contribution in [2.45, 2.75) is 25.8 Å². The van der Waals surface area contributed by atoms with Crippen molar-refractivity contribution in [3.05, 3.63) is 35.0 Å². The van der Waals surface area contributed by atoms with Crippen LogP contribution in [0.5, 0.6) is 0 Å². The monoisotopic (exact) mass is 222 g/mol. The van der Waals surface area contributed by atoms with Gasteiger partial charge in [-0.1, -0.05) is 17.7 Å². The third kappa shape index (κ3) is 2.33. The van der Waals surface area contributed by atoms with Gasteiger partial charge in [0.15, 0.2) is 0 Å². The summed E-state index contributed by atoms with van der Waals surface area (Å²) in [5, 5.41) is 2.02. The number of halogens is 1. The Morgan fingerprint density at radius 3 is 3.00 bits per heavy atom. The van der Waals surface area contributed by atoms with Crippen LogP contribution in [0.1, 0.15) is 18.9 Å². The van der Waals surface area contributed by atoms with Gasteiger partial charge < -0.3 is 10.7 Å². The highest BCUT2D eigenvalue weighted by molar-refractivity contribution is 6.31. The Morgan fingerprint density at radius 2 is 2.27 bits per heavy atom. The van der Waals surface area contributed by atoms with E-state index in [4.69, 9.17) is 17.3 Å². The minimum atomic E-state index is 0.252. The summed E-state index contributed by atoms with van der Waals surface area (Å²) in [7, 11) is 0. The molecule has 0 aliphatic rings. The first-order valence-corrected chi connectivity index (χ1v) is 5.55. The number of benzene rings is 1. The van der Waals surface area contributed by atoms with Gasteiger partial charge in [-0.15, -0.1) is 0 Å². The van der Waals surface area contributed by atoms with Crippen LogP contribution in [0.3, 0.4) is 0 Å². The van der Waals surface area contributed by atoms with Gasteiger partial charge in [0.25, 0.3) is 0 Å². The fourth-order valence-electron chi connectivity index (χ4n) is 1.75. The Balaban J connectivity index is 2.29. The Bertz CT molecular complexity index is 460. The van der Waals surface area contributed by atoms with Crippen LogP contribution in [-0.4, -0.2) is 11.0 Å². The van der Waals surface area contributed by atoms with Gasteiger partial charge in [0.05, 0.1) is 0 Å². The molecule has 3 N–H and O–H groups in total. The standard InChI is InChI=1S/C12H15ClN2/c1-8(14)2-3-9-7-15-12-6-10(13)4-5-11(9)12/h4-8,15H,2-3,14H2,1H3/t8-/m1/s1. The van der Waals surface area contributed by atoms with E-state index >= 15 is 0 Å². The lowest BCUT2D eigenvalue weighted by molar-refractivity contribution is 0.668. The van der Waals surface area contributed by atoms with Gasteiger partial charge >= 0.3 is 0 Å². The lowest BCUT2D eigenvalue weighted by atomic mass is 10.1. The van der Waals surface area contributed by atoms with Crippen LogP contribution in [0.4, 0.5) is 0 Å². The number of nitrogens with one attached hydrogen (secondary N) is 1. The largest absolute Gasteiger partial charge is 0.361 e. The quantitative estimate of drug-likeness (QED) is 0.824. The number of hydrogen-bond acceptors (Lipinski definition) is 1. The average Bonchev–Trinajstić information content (AvgIpc) is 2.57. The molecule has 0 radical (unpaired) electrons. The second kappa shape index (κ2) is 4.25. The van der Waals surface area contributed by atoms with E-state index in [1.54, 1.807) is 0 Å². The molecular formula is C12H15ClN2. The summed E-state index contributed by atoms with van der Waals surface area (Å²) in [6.07, 6.45) is 4.07. The van der Waals surface area contributed by atoms with Crippen molar-refractivity contribution in [3.63, 3.8) is 0 Å². The molecule has 0 fully saturated rings. The number of aromatic amines is 1. The topological polar surface area (TPSA) is 41.8 Å². The Morgan fingerprint density at radius 1 is 1.47 bits per heavy atom. The lowest BCUT2D eigenvalue weighted by Gasteiger charge is -2.03. The van der Waals surface area contributed by atoms with Crippen molar-refractivity contribution in [2.75, 3.05) is 0 Å². The number of rotatable bonds is 3. The zero-order valence-electron chi connectivity index (χ0n) is 8.76. The van der Waals surface area contributed by atoms with E-state index in [0.29, 0.717) is 0 Å². The van der Waals surface area contributed by atoms with Gasteiger partial charge in [0, 0.05) is 28.2 Å². The number of H-pyrrole nitrogens is 1. The third-order valence-corrected chi connectivity index (χ3v) is 2.83. The molecule has 1 aromatic carbocycles. The van der Waals surface area contributed by atoms with Crippen molar-refractivity contribution in [3.8, 4) is 0 Å². The molecule has 2 aromatic rings. The second-order valence-corrected chi connectivity index (χ2v) is 4.46. The molecule has 3 heteroatoms. The molecule has 2 rings (SSSR count). The normalized spacial score (nSPS) is 13.3. The summed E-state index contributed by atoms with van der Waals surface area (Å²) < 4.78 is 0. The Kier molecular flexibility index (Phi) is 2.98. The van der Waals surface area contributed by atoms with Crippen molar-refractivity contribution in [2.24, 2.45) is 5.73 Å². The van der Waals surface area contributed by atoms with Crippen molar-refractivity contribution >= 4 is 22.5 Å².